The highest BCUT2D eigenvalue weighted by Gasteiger charge is 2.08. The fourth-order valence-electron chi connectivity index (χ4n) is 1.45. The minimum atomic E-state index is 0.911. The van der Waals surface area contributed by atoms with Crippen molar-refractivity contribution in [1.82, 2.24) is 24.1 Å². The van der Waals surface area contributed by atoms with Crippen LogP contribution in [0.25, 0.3) is 5.52 Å². The lowest BCUT2D eigenvalue weighted by Gasteiger charge is -2.02. The molecule has 0 fully saturated rings. The number of aromatic nitrogens is 5. The molecule has 0 N–H and O–H groups in total. The average molecular weight is 231 g/mol. The van der Waals surface area contributed by atoms with E-state index in [1.165, 1.54) is 11.8 Å². The SMILES string of the molecule is Cn1ccnc1Sc1nccn2nccc12. The third-order valence-electron chi connectivity index (χ3n) is 2.25. The first-order valence-electron chi connectivity index (χ1n) is 4.78. The summed E-state index contributed by atoms with van der Waals surface area (Å²) in [4.78, 5) is 8.60. The van der Waals surface area contributed by atoms with Gasteiger partial charge in [-0.15, -0.1) is 0 Å². The van der Waals surface area contributed by atoms with Crippen LogP contribution < -0.4 is 0 Å². The summed E-state index contributed by atoms with van der Waals surface area (Å²) in [5, 5.41) is 6.00. The molecule has 6 heteroatoms. The van der Waals surface area contributed by atoms with Gasteiger partial charge >= 0.3 is 0 Å². The lowest BCUT2D eigenvalue weighted by molar-refractivity contribution is 0.788. The van der Waals surface area contributed by atoms with Gasteiger partial charge in [-0.05, 0) is 17.8 Å². The molecule has 0 aliphatic heterocycles. The molecule has 0 aliphatic rings. The quantitative estimate of drug-likeness (QED) is 0.672. The molecule has 0 aromatic carbocycles. The molecule has 0 amide bonds. The molecule has 0 saturated carbocycles. The molecule has 0 radical (unpaired) electrons. The molecule has 3 aromatic rings. The third-order valence-corrected chi connectivity index (χ3v) is 3.34. The number of hydrogen-bond donors (Lipinski definition) is 0. The molecule has 5 nitrogen and oxygen atoms in total. The summed E-state index contributed by atoms with van der Waals surface area (Å²) in [6.07, 6.45) is 9.03. The van der Waals surface area contributed by atoms with E-state index in [0.29, 0.717) is 0 Å². The summed E-state index contributed by atoms with van der Waals surface area (Å²) in [6.45, 7) is 0. The maximum absolute atomic E-state index is 4.34. The van der Waals surface area contributed by atoms with Crippen LogP contribution in [0.15, 0.2) is 47.2 Å². The van der Waals surface area contributed by atoms with E-state index in [2.05, 4.69) is 15.1 Å². The van der Waals surface area contributed by atoms with Crippen molar-refractivity contribution in [3.8, 4) is 0 Å². The topological polar surface area (TPSA) is 48.0 Å². The van der Waals surface area contributed by atoms with Gasteiger partial charge in [0, 0.05) is 31.8 Å². The summed E-state index contributed by atoms with van der Waals surface area (Å²) in [7, 11) is 1.96. The van der Waals surface area contributed by atoms with Crippen molar-refractivity contribution >= 4 is 17.3 Å². The fourth-order valence-corrected chi connectivity index (χ4v) is 2.32. The highest BCUT2D eigenvalue weighted by Crippen LogP contribution is 2.26. The highest BCUT2D eigenvalue weighted by molar-refractivity contribution is 7.99. The molecule has 80 valence electrons. The number of aryl methyl sites for hydroxylation is 1. The van der Waals surface area contributed by atoms with Crippen LogP contribution in [0.2, 0.25) is 0 Å². The van der Waals surface area contributed by atoms with E-state index in [4.69, 9.17) is 0 Å². The Bertz CT molecular complexity index is 627. The van der Waals surface area contributed by atoms with Crippen molar-refractivity contribution in [2.45, 2.75) is 10.2 Å². The van der Waals surface area contributed by atoms with Crippen LogP contribution in [0.5, 0.6) is 0 Å². The van der Waals surface area contributed by atoms with E-state index in [-0.39, 0.29) is 0 Å². The minimum Gasteiger partial charge on any atom is -0.329 e. The summed E-state index contributed by atoms with van der Waals surface area (Å²) in [5.74, 6) is 0. The van der Waals surface area contributed by atoms with Crippen LogP contribution in [-0.4, -0.2) is 24.1 Å². The first-order valence-corrected chi connectivity index (χ1v) is 5.60. The summed E-state index contributed by atoms with van der Waals surface area (Å²) in [5.41, 5.74) is 0.996. The molecule has 0 aliphatic carbocycles. The lowest BCUT2D eigenvalue weighted by atomic mass is 10.5. The van der Waals surface area contributed by atoms with Crippen molar-refractivity contribution < 1.29 is 0 Å². The molecule has 0 spiro atoms. The van der Waals surface area contributed by atoms with Gasteiger partial charge in [0.2, 0.25) is 0 Å². The van der Waals surface area contributed by atoms with Crippen molar-refractivity contribution in [2.24, 2.45) is 7.05 Å². The highest BCUT2D eigenvalue weighted by atomic mass is 32.2. The minimum absolute atomic E-state index is 0.911. The second-order valence-corrected chi connectivity index (χ2v) is 4.27. The van der Waals surface area contributed by atoms with Gasteiger partial charge in [-0.2, -0.15) is 5.10 Å². The Hall–Kier alpha value is -1.82. The monoisotopic (exact) mass is 231 g/mol. The maximum atomic E-state index is 4.34. The number of fused-ring (bicyclic) bond motifs is 1. The summed E-state index contributed by atoms with van der Waals surface area (Å²) < 4.78 is 3.77. The number of rotatable bonds is 2. The molecule has 0 atom stereocenters. The van der Waals surface area contributed by atoms with E-state index < -0.39 is 0 Å². The Balaban J connectivity index is 2.07. The van der Waals surface area contributed by atoms with E-state index in [9.17, 15) is 0 Å². The van der Waals surface area contributed by atoms with Crippen LogP contribution in [0.4, 0.5) is 0 Å². The van der Waals surface area contributed by atoms with Crippen LogP contribution >= 0.6 is 11.8 Å². The Morgan fingerprint density at radius 1 is 1.12 bits per heavy atom. The van der Waals surface area contributed by atoms with Gasteiger partial charge in [-0.3, -0.25) is 0 Å². The van der Waals surface area contributed by atoms with E-state index in [1.54, 1.807) is 23.1 Å². The van der Waals surface area contributed by atoms with E-state index in [0.717, 1.165) is 15.7 Å². The zero-order valence-electron chi connectivity index (χ0n) is 8.61. The first-order chi connectivity index (χ1) is 7.84. The van der Waals surface area contributed by atoms with Crippen LogP contribution in [0.3, 0.4) is 0 Å². The molecule has 3 aromatic heterocycles. The molecule has 16 heavy (non-hydrogen) atoms. The predicted molar refractivity (Wildman–Crippen MR) is 60.3 cm³/mol. The molecule has 3 heterocycles. The lowest BCUT2D eigenvalue weighted by Crippen LogP contribution is -1.93. The number of nitrogens with zero attached hydrogens (tertiary/aromatic N) is 5. The third kappa shape index (κ3) is 1.47. The fraction of sp³-hybridized carbons (Fsp3) is 0.100. The Kier molecular flexibility index (Phi) is 2.14. The molecule has 3 rings (SSSR count). The van der Waals surface area contributed by atoms with E-state index >= 15 is 0 Å². The Morgan fingerprint density at radius 2 is 2.00 bits per heavy atom. The second-order valence-electron chi connectivity index (χ2n) is 3.32. The van der Waals surface area contributed by atoms with Gasteiger partial charge in [0.1, 0.15) is 5.03 Å². The maximum Gasteiger partial charge on any atom is 0.174 e. The Labute approximate surface area is 96.1 Å². The number of hydrogen-bond acceptors (Lipinski definition) is 4. The largest absolute Gasteiger partial charge is 0.329 e. The standard InChI is InChI=1S/C10H9N5S/c1-14-6-4-12-10(14)16-9-8-2-3-13-15(8)7-5-11-9/h2-7H,1H3. The van der Waals surface area contributed by atoms with Gasteiger partial charge in [-0.25, -0.2) is 14.5 Å². The van der Waals surface area contributed by atoms with Crippen molar-refractivity contribution in [2.75, 3.05) is 0 Å². The zero-order chi connectivity index (χ0) is 11.0. The van der Waals surface area contributed by atoms with Crippen molar-refractivity contribution in [3.05, 3.63) is 37.1 Å². The van der Waals surface area contributed by atoms with Gasteiger partial charge in [-0.1, -0.05) is 0 Å². The van der Waals surface area contributed by atoms with E-state index in [1.807, 2.05) is 30.1 Å². The molecule has 0 unspecified atom stereocenters. The van der Waals surface area contributed by atoms with Gasteiger partial charge < -0.3 is 4.57 Å². The van der Waals surface area contributed by atoms with Crippen LogP contribution in [-0.2, 0) is 7.05 Å². The van der Waals surface area contributed by atoms with Gasteiger partial charge in [0.15, 0.2) is 5.16 Å². The molecular weight excluding hydrogens is 222 g/mol. The predicted octanol–water partition coefficient (Wildman–Crippen LogP) is 1.61. The summed E-state index contributed by atoms with van der Waals surface area (Å²) >= 11 is 1.53. The molecule has 0 bridgehead atoms. The smallest absolute Gasteiger partial charge is 0.174 e. The average Bonchev–Trinajstić information content (AvgIpc) is 2.89. The first kappa shape index (κ1) is 9.41. The second kappa shape index (κ2) is 3.64. The molecule has 0 saturated heterocycles. The van der Waals surface area contributed by atoms with Crippen molar-refractivity contribution in [3.63, 3.8) is 0 Å². The summed E-state index contributed by atoms with van der Waals surface area (Å²) in [6, 6.07) is 1.94. The van der Waals surface area contributed by atoms with Crippen molar-refractivity contribution in [1.29, 1.82) is 0 Å². The zero-order valence-corrected chi connectivity index (χ0v) is 9.42. The Morgan fingerprint density at radius 3 is 2.81 bits per heavy atom. The van der Waals surface area contributed by atoms with Gasteiger partial charge in [0.25, 0.3) is 0 Å². The van der Waals surface area contributed by atoms with Gasteiger partial charge in [0.05, 0.1) is 11.7 Å². The molecular formula is C10H9N5S. The number of imidazole rings is 1. The van der Waals surface area contributed by atoms with Crippen LogP contribution in [0, 0.1) is 0 Å². The normalized spacial score (nSPS) is 11.1. The van der Waals surface area contributed by atoms with Crippen LogP contribution in [0.1, 0.15) is 0 Å².